The van der Waals surface area contributed by atoms with Crippen LogP contribution in [0.1, 0.15) is 42.1 Å². The van der Waals surface area contributed by atoms with Gasteiger partial charge in [0.2, 0.25) is 11.8 Å². The standard InChI is InChI=1S/C28H24FN3O5.C25H28N4O2S/c1-35-24-15-21-22(16-25(24)36-2)30-14-11-23(21)37-20-9-7-19(8-10-20)32-27(34)28(12-13-28)26(33)31-18-5-3-17(29)4-6-18;1-15(24-10-18(14-32-24)19-9-7-6-8-17(19)13-26-3)27-25-20-11-22(30-4)23(31-5)12-21(20)28-16(2)29-25/h3-11,14-16H,12-13H2,1-2H3,(H,31,33)(H,32,34);6-12,14-15,26H,13H2,1-5H3,(H,27,28,29). The Labute approximate surface area is 403 Å². The van der Waals surface area contributed by atoms with Crippen molar-refractivity contribution in [2.24, 2.45) is 5.41 Å². The van der Waals surface area contributed by atoms with E-state index < -0.39 is 17.1 Å². The summed E-state index contributed by atoms with van der Waals surface area (Å²) in [5, 5.41) is 16.2. The molecule has 0 spiro atoms. The van der Waals surface area contributed by atoms with Crippen molar-refractivity contribution in [2.45, 2.75) is 39.3 Å². The van der Waals surface area contributed by atoms with Crippen LogP contribution in [0, 0.1) is 18.2 Å². The van der Waals surface area contributed by atoms with Gasteiger partial charge in [-0.15, -0.1) is 11.3 Å². The maximum Gasteiger partial charge on any atom is 0.240 e. The van der Waals surface area contributed by atoms with Gasteiger partial charge in [0, 0.05) is 51.9 Å². The molecule has 69 heavy (non-hydrogen) atoms. The molecule has 1 saturated carbocycles. The van der Waals surface area contributed by atoms with Crippen LogP contribution >= 0.6 is 11.3 Å². The number of halogens is 1. The number of aromatic nitrogens is 3. The van der Waals surface area contributed by atoms with E-state index in [1.54, 1.807) is 88.4 Å². The van der Waals surface area contributed by atoms with Gasteiger partial charge < -0.3 is 45.0 Å². The highest BCUT2D eigenvalue weighted by molar-refractivity contribution is 7.10. The molecule has 8 aromatic rings. The number of carbonyl (C=O) groups excluding carboxylic acids is 2. The van der Waals surface area contributed by atoms with Crippen LogP contribution in [0.5, 0.6) is 34.5 Å². The van der Waals surface area contributed by atoms with Crippen molar-refractivity contribution >= 4 is 62.1 Å². The lowest BCUT2D eigenvalue weighted by molar-refractivity contribution is -0.131. The number of amides is 2. The van der Waals surface area contributed by atoms with E-state index in [0.29, 0.717) is 70.1 Å². The van der Waals surface area contributed by atoms with Crippen LogP contribution in [-0.2, 0) is 16.1 Å². The number of nitrogens with one attached hydrogen (secondary N) is 4. The molecular weight excluding hydrogens is 898 g/mol. The zero-order chi connectivity index (χ0) is 48.7. The number of ether oxygens (including phenoxy) is 5. The minimum Gasteiger partial charge on any atom is -0.493 e. The lowest BCUT2D eigenvalue weighted by atomic mass is 10.0. The molecule has 0 saturated heterocycles. The molecule has 4 N–H and O–H groups in total. The van der Waals surface area contributed by atoms with Crippen molar-refractivity contribution in [3.63, 3.8) is 0 Å². The Kier molecular flexibility index (Phi) is 14.5. The van der Waals surface area contributed by atoms with E-state index >= 15 is 0 Å². The molecule has 1 unspecified atom stereocenters. The Morgan fingerprint density at radius 2 is 1.32 bits per heavy atom. The Bertz CT molecular complexity index is 3130. The number of thiophene rings is 1. The fraction of sp³-hybridized carbons (Fsp3) is 0.226. The summed E-state index contributed by atoms with van der Waals surface area (Å²) in [4.78, 5) is 40.6. The van der Waals surface area contributed by atoms with Gasteiger partial charge in [-0.1, -0.05) is 24.3 Å². The van der Waals surface area contributed by atoms with Gasteiger partial charge in [0.15, 0.2) is 23.0 Å². The fourth-order valence-electron chi connectivity index (χ4n) is 7.81. The van der Waals surface area contributed by atoms with Gasteiger partial charge in [0.05, 0.1) is 45.5 Å². The van der Waals surface area contributed by atoms with Crippen molar-refractivity contribution in [3.05, 3.63) is 143 Å². The quantitative estimate of drug-likeness (QED) is 0.0678. The second kappa shape index (κ2) is 21.0. The predicted octanol–water partition coefficient (Wildman–Crippen LogP) is 11.1. The van der Waals surface area contributed by atoms with E-state index in [-0.39, 0.29) is 11.9 Å². The van der Waals surface area contributed by atoms with Gasteiger partial charge >= 0.3 is 0 Å². The van der Waals surface area contributed by atoms with Crippen LogP contribution in [0.2, 0.25) is 0 Å². The van der Waals surface area contributed by atoms with E-state index in [1.165, 1.54) is 45.8 Å². The number of nitrogens with zero attached hydrogens (tertiary/aromatic N) is 3. The number of hydrogen-bond donors (Lipinski definition) is 4. The summed E-state index contributed by atoms with van der Waals surface area (Å²) < 4.78 is 40.9. The number of anilines is 3. The molecule has 3 aromatic heterocycles. The fourth-order valence-corrected chi connectivity index (χ4v) is 8.73. The lowest BCUT2D eigenvalue weighted by Crippen LogP contribution is -2.35. The van der Waals surface area contributed by atoms with Crippen molar-refractivity contribution < 1.29 is 37.7 Å². The highest BCUT2D eigenvalue weighted by atomic mass is 32.1. The zero-order valence-corrected chi connectivity index (χ0v) is 40.0. The third kappa shape index (κ3) is 10.7. The molecule has 5 aromatic carbocycles. The van der Waals surface area contributed by atoms with Crippen LogP contribution in [0.4, 0.5) is 21.6 Å². The van der Waals surface area contributed by atoms with Gasteiger partial charge in [-0.2, -0.15) is 0 Å². The molecule has 1 atom stereocenters. The molecule has 9 rings (SSSR count). The number of aryl methyl sites for hydroxylation is 1. The van der Waals surface area contributed by atoms with Crippen molar-refractivity contribution in [2.75, 3.05) is 51.4 Å². The summed E-state index contributed by atoms with van der Waals surface area (Å²) in [5.41, 5.74) is 5.12. The largest absolute Gasteiger partial charge is 0.493 e. The Balaban J connectivity index is 0.000000188. The Morgan fingerprint density at radius 1 is 0.725 bits per heavy atom. The number of fused-ring (bicyclic) bond motifs is 2. The molecule has 16 heteroatoms. The van der Waals surface area contributed by atoms with E-state index in [2.05, 4.69) is 78.9 Å². The molecule has 0 bridgehead atoms. The predicted molar refractivity (Wildman–Crippen MR) is 269 cm³/mol. The van der Waals surface area contributed by atoms with Gasteiger partial charge in [-0.05, 0) is 129 Å². The summed E-state index contributed by atoms with van der Waals surface area (Å²) in [5.74, 6) is 3.86. The Hall–Kier alpha value is -7.82. The lowest BCUT2D eigenvalue weighted by Gasteiger charge is -2.16. The van der Waals surface area contributed by atoms with Crippen LogP contribution in [-0.4, -0.2) is 62.3 Å². The Morgan fingerprint density at radius 3 is 1.94 bits per heavy atom. The molecule has 1 fully saturated rings. The van der Waals surface area contributed by atoms with Crippen LogP contribution in [0.3, 0.4) is 0 Å². The average molecular weight is 950 g/mol. The third-order valence-corrected chi connectivity index (χ3v) is 12.8. The maximum absolute atomic E-state index is 13.1. The summed E-state index contributed by atoms with van der Waals surface area (Å²) in [6, 6.07) is 32.3. The first kappa shape index (κ1) is 47.7. The number of methoxy groups -OCH3 is 4. The summed E-state index contributed by atoms with van der Waals surface area (Å²) >= 11 is 1.75. The first-order valence-corrected chi connectivity index (χ1v) is 23.0. The van der Waals surface area contributed by atoms with Gasteiger partial charge in [-0.25, -0.2) is 14.4 Å². The average Bonchev–Trinajstić information content (AvgIpc) is 4.04. The van der Waals surface area contributed by atoms with Crippen LogP contribution < -0.4 is 45.0 Å². The smallest absolute Gasteiger partial charge is 0.240 e. The van der Waals surface area contributed by atoms with Crippen molar-refractivity contribution in [3.8, 4) is 45.6 Å². The highest BCUT2D eigenvalue weighted by Gasteiger charge is 2.56. The number of carbonyl (C=O) groups is 2. The topological polar surface area (TPSA) is 167 Å². The van der Waals surface area contributed by atoms with Crippen LogP contribution in [0.25, 0.3) is 32.9 Å². The molecular formula is C53H52FN7O7S. The van der Waals surface area contributed by atoms with E-state index in [1.807, 2.05) is 26.1 Å². The minimum absolute atomic E-state index is 0.0795. The summed E-state index contributed by atoms with van der Waals surface area (Å²) in [6.07, 6.45) is 2.52. The first-order valence-electron chi connectivity index (χ1n) is 22.1. The molecule has 1 aliphatic carbocycles. The second-order valence-corrected chi connectivity index (χ2v) is 17.2. The summed E-state index contributed by atoms with van der Waals surface area (Å²) in [7, 11) is 8.36. The van der Waals surface area contributed by atoms with E-state index in [0.717, 1.165) is 28.7 Å². The van der Waals surface area contributed by atoms with E-state index in [9.17, 15) is 14.0 Å². The molecule has 14 nitrogen and oxygen atoms in total. The maximum atomic E-state index is 13.1. The van der Waals surface area contributed by atoms with Crippen molar-refractivity contribution in [1.82, 2.24) is 20.3 Å². The number of rotatable bonds is 16. The second-order valence-electron chi connectivity index (χ2n) is 16.3. The first-order chi connectivity index (χ1) is 33.4. The zero-order valence-electron chi connectivity index (χ0n) is 39.2. The van der Waals surface area contributed by atoms with Crippen molar-refractivity contribution in [1.29, 1.82) is 0 Å². The minimum atomic E-state index is -1.14. The van der Waals surface area contributed by atoms with Gasteiger partial charge in [0.25, 0.3) is 0 Å². The SMILES string of the molecule is CNCc1ccccc1-c1csc(C(C)Nc2nc(C)nc3cc(OC)c(OC)cc23)c1.COc1cc2nccc(Oc3ccc(NC(=O)C4(C(=O)Nc5ccc(F)cc5)CC4)cc3)c2cc1OC. The molecule has 1 aliphatic rings. The molecule has 0 aliphatic heterocycles. The van der Waals surface area contributed by atoms with Gasteiger partial charge in [-0.3, -0.25) is 14.6 Å². The highest BCUT2D eigenvalue weighted by Crippen LogP contribution is 2.48. The third-order valence-electron chi connectivity index (χ3n) is 11.7. The number of pyridine rings is 1. The normalized spacial score (nSPS) is 12.8. The molecule has 354 valence electrons. The summed E-state index contributed by atoms with van der Waals surface area (Å²) in [6.45, 7) is 4.89. The van der Waals surface area contributed by atoms with Crippen LogP contribution in [0.15, 0.2) is 121 Å². The molecule has 2 amide bonds. The van der Waals surface area contributed by atoms with Gasteiger partial charge in [0.1, 0.15) is 34.4 Å². The van der Waals surface area contributed by atoms with E-state index in [4.69, 9.17) is 23.7 Å². The molecule has 0 radical (unpaired) electrons. The molecule has 3 heterocycles. The monoisotopic (exact) mass is 949 g/mol. The number of hydrogen-bond acceptors (Lipinski definition) is 13. The number of benzene rings is 5.